The van der Waals surface area contributed by atoms with E-state index in [1.54, 1.807) is 0 Å². The number of hydrogen-bond acceptors (Lipinski definition) is 0. The van der Waals surface area contributed by atoms with Crippen LogP contribution in [0.1, 0.15) is 22.3 Å². The van der Waals surface area contributed by atoms with E-state index < -0.39 is 7.92 Å². The molecular formula is C23H21P. The highest BCUT2D eigenvalue weighted by molar-refractivity contribution is 7.82. The molecule has 0 fully saturated rings. The van der Waals surface area contributed by atoms with Crippen LogP contribution in [0.15, 0.2) is 78.9 Å². The lowest BCUT2D eigenvalue weighted by Gasteiger charge is -2.23. The van der Waals surface area contributed by atoms with E-state index >= 15 is 0 Å². The quantitative estimate of drug-likeness (QED) is 0.570. The molecule has 0 saturated carbocycles. The maximum absolute atomic E-state index is 2.47. The third kappa shape index (κ3) is 2.62. The molecule has 0 nitrogen and oxygen atoms in total. The van der Waals surface area contributed by atoms with Gasteiger partial charge in [-0.05, 0) is 66.4 Å². The molecule has 0 saturated heterocycles. The molecule has 1 heteroatoms. The van der Waals surface area contributed by atoms with Crippen LogP contribution in [0.25, 0.3) is 5.31 Å². The van der Waals surface area contributed by atoms with Gasteiger partial charge in [-0.15, -0.1) is 0 Å². The molecule has 3 aromatic carbocycles. The Bertz CT molecular complexity index is 853. The van der Waals surface area contributed by atoms with Crippen molar-refractivity contribution in [2.45, 2.75) is 20.3 Å². The fraction of sp³-hybridized carbons (Fsp3) is 0.130. The van der Waals surface area contributed by atoms with Crippen molar-refractivity contribution in [3.8, 4) is 0 Å². The van der Waals surface area contributed by atoms with Crippen molar-refractivity contribution in [3.63, 3.8) is 0 Å². The number of aryl methyl sites for hydroxylation is 2. The van der Waals surface area contributed by atoms with Gasteiger partial charge in [-0.2, -0.15) is 0 Å². The van der Waals surface area contributed by atoms with Gasteiger partial charge in [0.2, 0.25) is 0 Å². The van der Waals surface area contributed by atoms with Gasteiger partial charge in [-0.3, -0.25) is 0 Å². The molecule has 1 aliphatic carbocycles. The van der Waals surface area contributed by atoms with Gasteiger partial charge >= 0.3 is 0 Å². The molecule has 0 aromatic heterocycles. The van der Waals surface area contributed by atoms with E-state index in [-0.39, 0.29) is 0 Å². The zero-order valence-corrected chi connectivity index (χ0v) is 15.1. The Morgan fingerprint density at radius 1 is 0.667 bits per heavy atom. The molecule has 0 heterocycles. The van der Waals surface area contributed by atoms with Crippen LogP contribution in [0.2, 0.25) is 0 Å². The Morgan fingerprint density at radius 3 is 1.79 bits per heavy atom. The van der Waals surface area contributed by atoms with E-state index in [2.05, 4.69) is 92.7 Å². The van der Waals surface area contributed by atoms with Crippen molar-refractivity contribution in [1.82, 2.24) is 0 Å². The molecule has 0 aliphatic heterocycles. The fourth-order valence-electron chi connectivity index (χ4n) is 3.57. The van der Waals surface area contributed by atoms with Gasteiger partial charge in [0.25, 0.3) is 0 Å². The van der Waals surface area contributed by atoms with Gasteiger partial charge in [0.05, 0.1) is 0 Å². The first kappa shape index (κ1) is 15.4. The maximum atomic E-state index is 2.47. The number of fused-ring (bicyclic) bond motifs is 1. The second-order valence-electron chi connectivity index (χ2n) is 6.35. The highest BCUT2D eigenvalue weighted by atomic mass is 31.1. The van der Waals surface area contributed by atoms with Gasteiger partial charge < -0.3 is 0 Å². The normalized spacial score (nSPS) is 13.0. The van der Waals surface area contributed by atoms with Crippen molar-refractivity contribution in [2.24, 2.45) is 0 Å². The average Bonchev–Trinajstić information content (AvgIpc) is 3.06. The monoisotopic (exact) mass is 328 g/mol. The van der Waals surface area contributed by atoms with E-state index in [1.165, 1.54) is 38.2 Å². The summed E-state index contributed by atoms with van der Waals surface area (Å²) in [5.41, 5.74) is 5.83. The molecule has 3 aromatic rings. The topological polar surface area (TPSA) is 0 Å². The summed E-state index contributed by atoms with van der Waals surface area (Å²) in [6.45, 7) is 4.49. The number of allylic oxidation sites excluding steroid dienone is 1. The summed E-state index contributed by atoms with van der Waals surface area (Å²) < 4.78 is 0. The summed E-state index contributed by atoms with van der Waals surface area (Å²) >= 11 is 0. The summed E-state index contributed by atoms with van der Waals surface area (Å²) in [7, 11) is -0.506. The van der Waals surface area contributed by atoms with E-state index in [0.29, 0.717) is 0 Å². The lowest BCUT2D eigenvalue weighted by atomic mass is 10.00. The minimum absolute atomic E-state index is 0.506. The summed E-state index contributed by atoms with van der Waals surface area (Å²) in [5, 5.41) is 4.39. The molecule has 4 rings (SSSR count). The minimum atomic E-state index is -0.506. The van der Waals surface area contributed by atoms with Crippen LogP contribution in [-0.2, 0) is 6.42 Å². The number of rotatable bonds is 3. The number of hydrogen-bond donors (Lipinski definition) is 0. The predicted octanol–water partition coefficient (Wildman–Crippen LogP) is 5.33. The van der Waals surface area contributed by atoms with Crippen LogP contribution in [0.4, 0.5) is 0 Å². The van der Waals surface area contributed by atoms with Crippen molar-refractivity contribution in [2.75, 3.05) is 0 Å². The smallest absolute Gasteiger partial charge is 0.00787 e. The SMILES string of the molecule is Cc1ccc(C)c2c1CC=C2P(c1ccccc1)c1ccccc1. The van der Waals surface area contributed by atoms with Crippen molar-refractivity contribution < 1.29 is 0 Å². The van der Waals surface area contributed by atoms with Crippen LogP contribution in [-0.4, -0.2) is 0 Å². The first-order valence-electron chi connectivity index (χ1n) is 8.45. The van der Waals surface area contributed by atoms with Gasteiger partial charge in [0, 0.05) is 0 Å². The maximum Gasteiger partial charge on any atom is -0.00787 e. The molecule has 0 spiro atoms. The van der Waals surface area contributed by atoms with Crippen LogP contribution in [0.5, 0.6) is 0 Å². The second kappa shape index (κ2) is 6.38. The van der Waals surface area contributed by atoms with Crippen LogP contribution >= 0.6 is 7.92 Å². The number of benzene rings is 3. The zero-order valence-electron chi connectivity index (χ0n) is 14.2. The van der Waals surface area contributed by atoms with Crippen LogP contribution in [0.3, 0.4) is 0 Å². The minimum Gasteiger partial charge on any atom is -0.0711 e. The van der Waals surface area contributed by atoms with Crippen molar-refractivity contribution >= 4 is 23.8 Å². The average molecular weight is 328 g/mol. The first-order valence-corrected chi connectivity index (χ1v) is 9.79. The van der Waals surface area contributed by atoms with Crippen molar-refractivity contribution in [1.29, 1.82) is 0 Å². The molecule has 24 heavy (non-hydrogen) atoms. The molecule has 118 valence electrons. The van der Waals surface area contributed by atoms with E-state index in [4.69, 9.17) is 0 Å². The largest absolute Gasteiger partial charge is 0.0711 e. The molecule has 0 amide bonds. The molecule has 0 N–H and O–H groups in total. The Hall–Kier alpha value is -2.17. The summed E-state index contributed by atoms with van der Waals surface area (Å²) in [5.74, 6) is 0. The summed E-state index contributed by atoms with van der Waals surface area (Å²) in [4.78, 5) is 0. The molecule has 0 radical (unpaired) electrons. The Kier molecular flexibility index (Phi) is 4.08. The van der Waals surface area contributed by atoms with E-state index in [9.17, 15) is 0 Å². The standard InChI is InChI=1S/C23H21P/c1-17-13-14-18(2)23-21(17)15-16-22(23)24(19-9-5-3-6-10-19)20-11-7-4-8-12-20/h3-14,16H,15H2,1-2H3. The van der Waals surface area contributed by atoms with E-state index in [1.807, 2.05) is 0 Å². The van der Waals surface area contributed by atoms with Gasteiger partial charge in [0.15, 0.2) is 0 Å². The van der Waals surface area contributed by atoms with E-state index in [0.717, 1.165) is 6.42 Å². The predicted molar refractivity (Wildman–Crippen MR) is 107 cm³/mol. The van der Waals surface area contributed by atoms with Crippen LogP contribution < -0.4 is 10.6 Å². The fourth-order valence-corrected chi connectivity index (χ4v) is 6.18. The molecule has 0 unspecified atom stereocenters. The Morgan fingerprint density at radius 2 is 1.21 bits per heavy atom. The molecular weight excluding hydrogens is 307 g/mol. The Balaban J connectivity index is 1.91. The molecule has 0 atom stereocenters. The lowest BCUT2D eigenvalue weighted by molar-refractivity contribution is 1.22. The van der Waals surface area contributed by atoms with Crippen molar-refractivity contribution in [3.05, 3.63) is 101 Å². The zero-order chi connectivity index (χ0) is 16.5. The summed E-state index contributed by atoms with van der Waals surface area (Å²) in [6.07, 6.45) is 3.53. The van der Waals surface area contributed by atoms with Gasteiger partial charge in [-0.25, -0.2) is 0 Å². The lowest BCUT2D eigenvalue weighted by Crippen LogP contribution is -2.12. The third-order valence-electron chi connectivity index (χ3n) is 4.78. The molecule has 1 aliphatic rings. The van der Waals surface area contributed by atoms with Gasteiger partial charge in [-0.1, -0.05) is 78.9 Å². The highest BCUT2D eigenvalue weighted by Gasteiger charge is 2.26. The van der Waals surface area contributed by atoms with Crippen LogP contribution in [0, 0.1) is 13.8 Å². The first-order chi connectivity index (χ1) is 11.8. The highest BCUT2D eigenvalue weighted by Crippen LogP contribution is 2.53. The Labute approximate surface area is 145 Å². The van der Waals surface area contributed by atoms with Gasteiger partial charge in [0.1, 0.15) is 0 Å². The molecule has 0 bridgehead atoms. The second-order valence-corrected chi connectivity index (χ2v) is 8.54. The summed E-state index contributed by atoms with van der Waals surface area (Å²) in [6, 6.07) is 26.5. The third-order valence-corrected chi connectivity index (χ3v) is 7.30.